The molecule has 0 bridgehead atoms. The van der Waals surface area contributed by atoms with Gasteiger partial charge in [-0.3, -0.25) is 23.2 Å². The molecular formula is C26H21N3O13S3. The minimum absolute atomic E-state index is 0.00474. The standard InChI is InChI=1S/C26H21N3O13S3/c1-12-2-3-13(9-20(12)29-25(31)14-6-15(26(32)33)8-16(27)7-14)24(30)28-19-4-5-21(44(37,38)39)18-10-17(43(34,35)36)11-22(23(18)19)45(40,41)42/h2-11H,27H2,1H3,(H,28,30)(H,29,31)(H,32,33)(H,34,35,36)(H,37,38,39)(H,40,41,42). The molecule has 0 aliphatic rings. The number of anilines is 3. The van der Waals surface area contributed by atoms with Gasteiger partial charge in [0, 0.05) is 33.3 Å². The van der Waals surface area contributed by atoms with Gasteiger partial charge in [-0.2, -0.15) is 25.3 Å². The largest absolute Gasteiger partial charge is 0.478 e. The summed E-state index contributed by atoms with van der Waals surface area (Å²) in [4.78, 5) is 34.1. The number of fused-ring (bicyclic) bond motifs is 1. The van der Waals surface area contributed by atoms with Gasteiger partial charge in [-0.15, -0.1) is 0 Å². The molecule has 0 aliphatic heterocycles. The number of nitrogens with one attached hydrogen (secondary N) is 2. The van der Waals surface area contributed by atoms with E-state index in [1.54, 1.807) is 6.92 Å². The molecule has 0 heterocycles. The van der Waals surface area contributed by atoms with Crippen molar-refractivity contribution in [2.24, 2.45) is 0 Å². The Morgan fingerprint density at radius 3 is 1.80 bits per heavy atom. The average molecular weight is 680 g/mol. The summed E-state index contributed by atoms with van der Waals surface area (Å²) in [5.74, 6) is -3.07. The number of aryl methyl sites for hydroxylation is 1. The van der Waals surface area contributed by atoms with Gasteiger partial charge >= 0.3 is 5.97 Å². The Morgan fingerprint density at radius 2 is 1.22 bits per heavy atom. The summed E-state index contributed by atoms with van der Waals surface area (Å²) in [6, 6.07) is 9.82. The first-order chi connectivity index (χ1) is 20.7. The van der Waals surface area contributed by atoms with E-state index in [0.717, 1.165) is 18.2 Å². The second kappa shape index (κ2) is 11.5. The van der Waals surface area contributed by atoms with E-state index in [1.165, 1.54) is 24.3 Å². The summed E-state index contributed by atoms with van der Waals surface area (Å²) < 4.78 is 101. The predicted molar refractivity (Wildman–Crippen MR) is 158 cm³/mol. The number of carboxylic acids is 1. The van der Waals surface area contributed by atoms with Crippen LogP contribution in [0.25, 0.3) is 10.8 Å². The van der Waals surface area contributed by atoms with Crippen molar-refractivity contribution < 1.29 is 58.4 Å². The minimum atomic E-state index is -5.36. The molecule has 0 spiro atoms. The third-order valence-corrected chi connectivity index (χ3v) is 8.95. The lowest BCUT2D eigenvalue weighted by atomic mass is 10.1. The van der Waals surface area contributed by atoms with Crippen LogP contribution in [0.5, 0.6) is 0 Å². The first-order valence-electron chi connectivity index (χ1n) is 12.1. The highest BCUT2D eigenvalue weighted by Crippen LogP contribution is 2.37. The van der Waals surface area contributed by atoms with Gasteiger partial charge in [-0.1, -0.05) is 6.07 Å². The first-order valence-corrected chi connectivity index (χ1v) is 16.4. The molecule has 4 aromatic carbocycles. The van der Waals surface area contributed by atoms with E-state index in [1.807, 2.05) is 0 Å². The molecule has 0 fully saturated rings. The lowest BCUT2D eigenvalue weighted by Gasteiger charge is -2.16. The summed E-state index contributed by atoms with van der Waals surface area (Å²) in [7, 11) is -15.7. The second-order valence-corrected chi connectivity index (χ2v) is 13.7. The highest BCUT2D eigenvalue weighted by Gasteiger charge is 2.27. The molecule has 16 nitrogen and oxygen atoms in total. The van der Waals surface area contributed by atoms with Crippen LogP contribution >= 0.6 is 0 Å². The zero-order chi connectivity index (χ0) is 33.6. The van der Waals surface area contributed by atoms with Crippen LogP contribution in [0.3, 0.4) is 0 Å². The molecule has 45 heavy (non-hydrogen) atoms. The Bertz CT molecular complexity index is 2280. The van der Waals surface area contributed by atoms with E-state index in [4.69, 9.17) is 5.73 Å². The van der Waals surface area contributed by atoms with Crippen LogP contribution in [0, 0.1) is 6.92 Å². The first kappa shape index (κ1) is 33.0. The fourth-order valence-electron chi connectivity index (χ4n) is 4.27. The molecule has 0 aromatic heterocycles. The van der Waals surface area contributed by atoms with Crippen LogP contribution < -0.4 is 16.4 Å². The van der Waals surface area contributed by atoms with Crippen LogP contribution in [0.15, 0.2) is 75.4 Å². The second-order valence-electron chi connectivity index (χ2n) is 9.47. The van der Waals surface area contributed by atoms with Crippen molar-refractivity contribution in [3.8, 4) is 0 Å². The third-order valence-electron chi connectivity index (χ3n) is 6.33. The highest BCUT2D eigenvalue weighted by molar-refractivity contribution is 7.87. The Morgan fingerprint density at radius 1 is 0.644 bits per heavy atom. The van der Waals surface area contributed by atoms with Gasteiger partial charge in [0.15, 0.2) is 0 Å². The number of amides is 2. The van der Waals surface area contributed by atoms with Crippen molar-refractivity contribution >= 4 is 76.0 Å². The maximum absolute atomic E-state index is 13.3. The molecule has 0 saturated carbocycles. The highest BCUT2D eigenvalue weighted by atomic mass is 32.2. The lowest BCUT2D eigenvalue weighted by Crippen LogP contribution is -2.17. The van der Waals surface area contributed by atoms with Gasteiger partial charge < -0.3 is 21.5 Å². The monoisotopic (exact) mass is 679 g/mol. The zero-order valence-corrected chi connectivity index (χ0v) is 25.0. The van der Waals surface area contributed by atoms with Crippen LogP contribution in [-0.4, -0.2) is 61.8 Å². The molecule has 4 rings (SSSR count). The van der Waals surface area contributed by atoms with Gasteiger partial charge in [0.05, 0.1) is 16.1 Å². The summed E-state index contributed by atoms with van der Waals surface area (Å²) in [5.41, 5.74) is 5.28. The van der Waals surface area contributed by atoms with Crippen molar-refractivity contribution in [3.63, 3.8) is 0 Å². The summed E-state index contributed by atoms with van der Waals surface area (Å²) in [6.07, 6.45) is 0. The van der Waals surface area contributed by atoms with E-state index in [-0.39, 0.29) is 28.1 Å². The molecule has 236 valence electrons. The maximum Gasteiger partial charge on any atom is 0.335 e. The van der Waals surface area contributed by atoms with E-state index < -0.39 is 79.3 Å². The molecule has 0 saturated heterocycles. The van der Waals surface area contributed by atoms with Gasteiger partial charge in [-0.25, -0.2) is 4.79 Å². The van der Waals surface area contributed by atoms with E-state index in [2.05, 4.69) is 10.6 Å². The Kier molecular flexibility index (Phi) is 8.46. The normalized spacial score (nSPS) is 12.1. The van der Waals surface area contributed by atoms with Gasteiger partial charge in [0.2, 0.25) is 0 Å². The maximum atomic E-state index is 13.3. The number of hydrogen-bond acceptors (Lipinski definition) is 10. The van der Waals surface area contributed by atoms with Crippen molar-refractivity contribution in [1.29, 1.82) is 0 Å². The SMILES string of the molecule is Cc1ccc(C(=O)Nc2ccc(S(=O)(=O)O)c3cc(S(=O)(=O)O)cc(S(=O)(=O)O)c23)cc1NC(=O)c1cc(N)cc(C(=O)O)c1. The number of aromatic carboxylic acids is 1. The number of benzene rings is 4. The van der Waals surface area contributed by atoms with Crippen LogP contribution in [0.4, 0.5) is 17.1 Å². The molecule has 2 amide bonds. The van der Waals surface area contributed by atoms with Crippen molar-refractivity contribution in [3.05, 3.63) is 82.9 Å². The molecule has 0 unspecified atom stereocenters. The Labute approximate surface area is 254 Å². The number of nitrogens with two attached hydrogens (primary N) is 1. The topological polar surface area (TPSA) is 285 Å². The summed E-state index contributed by atoms with van der Waals surface area (Å²) in [6.45, 7) is 1.58. The van der Waals surface area contributed by atoms with Crippen molar-refractivity contribution in [2.75, 3.05) is 16.4 Å². The molecule has 0 radical (unpaired) electrons. The van der Waals surface area contributed by atoms with E-state index in [9.17, 15) is 58.4 Å². The molecule has 4 aromatic rings. The van der Waals surface area contributed by atoms with Crippen LogP contribution in [0.1, 0.15) is 36.6 Å². The van der Waals surface area contributed by atoms with Gasteiger partial charge in [-0.05, 0) is 67.1 Å². The van der Waals surface area contributed by atoms with Crippen LogP contribution in [0.2, 0.25) is 0 Å². The number of carboxylic acid groups (broad SMARTS) is 1. The Hall–Kier alpha value is -4.92. The number of carbonyl (C=O) groups is 3. The fourth-order valence-corrected chi connectivity index (χ4v) is 6.31. The van der Waals surface area contributed by atoms with Gasteiger partial charge in [0.25, 0.3) is 42.2 Å². The quantitative estimate of drug-likeness (QED) is 0.104. The van der Waals surface area contributed by atoms with E-state index >= 15 is 0 Å². The predicted octanol–water partition coefficient (Wildman–Crippen LogP) is 2.67. The van der Waals surface area contributed by atoms with Crippen molar-refractivity contribution in [1.82, 2.24) is 0 Å². The number of nitrogen functional groups attached to an aromatic ring is 1. The minimum Gasteiger partial charge on any atom is -0.478 e. The van der Waals surface area contributed by atoms with Crippen molar-refractivity contribution in [2.45, 2.75) is 21.6 Å². The smallest absolute Gasteiger partial charge is 0.335 e. The summed E-state index contributed by atoms with van der Waals surface area (Å²) in [5, 5.41) is 12.6. The van der Waals surface area contributed by atoms with Gasteiger partial charge in [0.1, 0.15) is 9.79 Å². The van der Waals surface area contributed by atoms with Crippen LogP contribution in [-0.2, 0) is 30.4 Å². The molecule has 0 aliphatic carbocycles. The molecule has 0 atom stereocenters. The molecule has 8 N–H and O–H groups in total. The number of rotatable bonds is 8. The van der Waals surface area contributed by atoms with E-state index in [0.29, 0.717) is 23.8 Å². The lowest BCUT2D eigenvalue weighted by molar-refractivity contribution is 0.0696. The summed E-state index contributed by atoms with van der Waals surface area (Å²) >= 11 is 0. The fraction of sp³-hybridized carbons (Fsp3) is 0.0385. The Balaban J connectivity index is 1.80. The average Bonchev–Trinajstić information content (AvgIpc) is 2.91. The molecular weight excluding hydrogens is 658 g/mol. The molecule has 19 heteroatoms. The number of hydrogen-bond donors (Lipinski definition) is 7. The third kappa shape index (κ3) is 7.09. The number of carbonyl (C=O) groups excluding carboxylic acids is 2. The zero-order valence-electron chi connectivity index (χ0n) is 22.5.